The van der Waals surface area contributed by atoms with Crippen LogP contribution in [-0.4, -0.2) is 23.4 Å². The molecule has 1 aromatic heterocycles. The average Bonchev–Trinajstić information content (AvgIpc) is 3.15. The quantitative estimate of drug-likeness (QED) is 0.700. The molecule has 6 nitrogen and oxygen atoms in total. The summed E-state index contributed by atoms with van der Waals surface area (Å²) >= 11 is 0. The highest BCUT2D eigenvalue weighted by molar-refractivity contribution is 5.95. The molecule has 3 aromatic rings. The number of nitrogens with zero attached hydrogens (tertiary/aromatic N) is 1. The molecule has 126 valence electrons. The van der Waals surface area contributed by atoms with E-state index in [0.717, 1.165) is 5.56 Å². The van der Waals surface area contributed by atoms with E-state index in [2.05, 4.69) is 10.3 Å². The van der Waals surface area contributed by atoms with Crippen LogP contribution < -0.4 is 5.32 Å². The predicted octanol–water partition coefficient (Wildman–Crippen LogP) is 2.81. The number of nitrogens with one attached hydrogen (secondary N) is 1. The van der Waals surface area contributed by atoms with Crippen LogP contribution >= 0.6 is 0 Å². The van der Waals surface area contributed by atoms with Crippen molar-refractivity contribution in [1.82, 2.24) is 10.3 Å². The lowest BCUT2D eigenvalue weighted by Crippen LogP contribution is -2.30. The molecule has 0 spiro atoms. The molecule has 0 unspecified atom stereocenters. The Morgan fingerprint density at radius 1 is 1.00 bits per heavy atom. The summed E-state index contributed by atoms with van der Waals surface area (Å²) in [7, 11) is 0. The minimum atomic E-state index is -0.548. The molecule has 0 aliphatic heterocycles. The molecule has 1 N–H and O–H groups in total. The van der Waals surface area contributed by atoms with Crippen molar-refractivity contribution in [2.24, 2.45) is 0 Å². The largest absolute Gasteiger partial charge is 0.458 e. The van der Waals surface area contributed by atoms with Crippen LogP contribution in [0.25, 0.3) is 11.5 Å². The molecule has 25 heavy (non-hydrogen) atoms. The summed E-state index contributed by atoms with van der Waals surface area (Å²) < 4.78 is 10.5. The van der Waals surface area contributed by atoms with Gasteiger partial charge in [-0.3, -0.25) is 9.59 Å². The molecule has 0 aliphatic carbocycles. The normalized spacial score (nSPS) is 10.2. The Kier molecular flexibility index (Phi) is 5.21. The Labute approximate surface area is 144 Å². The van der Waals surface area contributed by atoms with Crippen LogP contribution in [-0.2, 0) is 16.1 Å². The number of hydrogen-bond acceptors (Lipinski definition) is 5. The fraction of sp³-hybridized carbons (Fsp3) is 0.105. The average molecular weight is 336 g/mol. The highest BCUT2D eigenvalue weighted by atomic mass is 16.5. The molecule has 3 rings (SSSR count). The van der Waals surface area contributed by atoms with Gasteiger partial charge in [-0.05, 0) is 24.3 Å². The molecule has 0 aliphatic rings. The fourth-order valence-corrected chi connectivity index (χ4v) is 2.14. The molecule has 0 fully saturated rings. The van der Waals surface area contributed by atoms with E-state index in [1.165, 1.54) is 6.26 Å². The van der Waals surface area contributed by atoms with Gasteiger partial charge in [0.05, 0.1) is 0 Å². The highest BCUT2D eigenvalue weighted by Crippen LogP contribution is 2.18. The molecule has 6 heteroatoms. The number of carbonyl (C=O) groups is 2. The van der Waals surface area contributed by atoms with Crippen molar-refractivity contribution in [3.8, 4) is 11.5 Å². The third kappa shape index (κ3) is 4.54. The van der Waals surface area contributed by atoms with Crippen molar-refractivity contribution < 1.29 is 18.7 Å². The van der Waals surface area contributed by atoms with Gasteiger partial charge in [0.15, 0.2) is 0 Å². The van der Waals surface area contributed by atoms with Crippen LogP contribution in [0.2, 0.25) is 0 Å². The second-order valence-electron chi connectivity index (χ2n) is 5.22. The van der Waals surface area contributed by atoms with Gasteiger partial charge in [-0.15, -0.1) is 0 Å². The number of rotatable bonds is 6. The summed E-state index contributed by atoms with van der Waals surface area (Å²) in [5, 5.41) is 2.51. The molecular weight excluding hydrogens is 320 g/mol. The summed E-state index contributed by atoms with van der Waals surface area (Å²) in [5.74, 6) is -0.414. The molecule has 2 aromatic carbocycles. The van der Waals surface area contributed by atoms with E-state index < -0.39 is 5.97 Å². The lowest BCUT2D eigenvalue weighted by molar-refractivity contribution is -0.143. The number of amides is 1. The second kappa shape index (κ2) is 7.92. The van der Waals surface area contributed by atoms with Gasteiger partial charge >= 0.3 is 5.97 Å². The number of ether oxygens (including phenoxy) is 1. The molecular formula is C19H16N2O4. The molecule has 0 bridgehead atoms. The Balaban J connectivity index is 1.47. The van der Waals surface area contributed by atoms with Crippen molar-refractivity contribution in [3.05, 3.63) is 78.2 Å². The van der Waals surface area contributed by atoms with E-state index in [-0.39, 0.29) is 19.1 Å². The van der Waals surface area contributed by atoms with Crippen LogP contribution in [0.4, 0.5) is 0 Å². The Morgan fingerprint density at radius 2 is 1.68 bits per heavy atom. The van der Waals surface area contributed by atoms with Crippen LogP contribution in [0.5, 0.6) is 0 Å². The fourth-order valence-electron chi connectivity index (χ4n) is 2.14. The maximum Gasteiger partial charge on any atom is 0.325 e. The standard InChI is InChI=1S/C19H16N2O4/c22-17(11-20-18(23)14-7-3-1-4-8-14)24-12-16-13-25-19(21-16)15-9-5-2-6-10-15/h1-10,13H,11-12H2,(H,20,23). The summed E-state index contributed by atoms with van der Waals surface area (Å²) in [6.07, 6.45) is 1.44. The molecule has 1 amide bonds. The SMILES string of the molecule is O=C(CNC(=O)c1ccccc1)OCc1coc(-c2ccccc2)n1. The van der Waals surface area contributed by atoms with Gasteiger partial charge in [-0.2, -0.15) is 0 Å². The second-order valence-corrected chi connectivity index (χ2v) is 5.22. The van der Waals surface area contributed by atoms with Crippen molar-refractivity contribution >= 4 is 11.9 Å². The van der Waals surface area contributed by atoms with E-state index in [1.807, 2.05) is 36.4 Å². The van der Waals surface area contributed by atoms with Crippen molar-refractivity contribution in [1.29, 1.82) is 0 Å². The minimum Gasteiger partial charge on any atom is -0.458 e. The Bertz CT molecular complexity index is 844. The first-order valence-corrected chi connectivity index (χ1v) is 7.71. The first kappa shape index (κ1) is 16.4. The van der Waals surface area contributed by atoms with E-state index in [1.54, 1.807) is 24.3 Å². The molecule has 0 saturated heterocycles. The van der Waals surface area contributed by atoms with E-state index in [9.17, 15) is 9.59 Å². The molecule has 1 heterocycles. The van der Waals surface area contributed by atoms with Crippen molar-refractivity contribution in [3.63, 3.8) is 0 Å². The van der Waals surface area contributed by atoms with Crippen LogP contribution in [0.15, 0.2) is 71.3 Å². The lowest BCUT2D eigenvalue weighted by atomic mass is 10.2. The van der Waals surface area contributed by atoms with Gasteiger partial charge < -0.3 is 14.5 Å². The van der Waals surface area contributed by atoms with Gasteiger partial charge in [0.1, 0.15) is 25.1 Å². The molecule has 0 saturated carbocycles. The van der Waals surface area contributed by atoms with Gasteiger partial charge in [0.25, 0.3) is 5.91 Å². The monoisotopic (exact) mass is 336 g/mol. The zero-order valence-corrected chi connectivity index (χ0v) is 13.3. The van der Waals surface area contributed by atoms with Crippen LogP contribution in [0, 0.1) is 0 Å². The lowest BCUT2D eigenvalue weighted by Gasteiger charge is -2.05. The molecule has 0 radical (unpaired) electrons. The summed E-state index contributed by atoms with van der Waals surface area (Å²) in [6.45, 7) is -0.229. The number of hydrogen-bond donors (Lipinski definition) is 1. The predicted molar refractivity (Wildman–Crippen MR) is 90.5 cm³/mol. The third-order valence-electron chi connectivity index (χ3n) is 3.38. The number of carbonyl (C=O) groups excluding carboxylic acids is 2. The summed E-state index contributed by atoms with van der Waals surface area (Å²) in [5.41, 5.74) is 1.83. The highest BCUT2D eigenvalue weighted by Gasteiger charge is 2.11. The van der Waals surface area contributed by atoms with Crippen molar-refractivity contribution in [2.45, 2.75) is 6.61 Å². The molecule has 0 atom stereocenters. The topological polar surface area (TPSA) is 81.4 Å². The maximum absolute atomic E-state index is 11.8. The Hall–Kier alpha value is -3.41. The summed E-state index contributed by atoms with van der Waals surface area (Å²) in [4.78, 5) is 27.8. The van der Waals surface area contributed by atoms with Crippen LogP contribution in [0.3, 0.4) is 0 Å². The van der Waals surface area contributed by atoms with Gasteiger partial charge in [-0.25, -0.2) is 4.98 Å². The van der Waals surface area contributed by atoms with E-state index >= 15 is 0 Å². The van der Waals surface area contributed by atoms with E-state index in [4.69, 9.17) is 9.15 Å². The van der Waals surface area contributed by atoms with Crippen molar-refractivity contribution in [2.75, 3.05) is 6.54 Å². The minimum absolute atomic E-state index is 0.0175. The number of esters is 1. The number of oxazole rings is 1. The third-order valence-corrected chi connectivity index (χ3v) is 3.38. The number of benzene rings is 2. The zero-order valence-electron chi connectivity index (χ0n) is 13.3. The maximum atomic E-state index is 11.8. The summed E-state index contributed by atoms with van der Waals surface area (Å²) in [6, 6.07) is 18.1. The first-order chi connectivity index (χ1) is 12.2. The van der Waals surface area contributed by atoms with Gasteiger partial charge in [0, 0.05) is 11.1 Å². The van der Waals surface area contributed by atoms with Crippen LogP contribution in [0.1, 0.15) is 16.1 Å². The van der Waals surface area contributed by atoms with Gasteiger partial charge in [0.2, 0.25) is 5.89 Å². The smallest absolute Gasteiger partial charge is 0.325 e. The number of aromatic nitrogens is 1. The van der Waals surface area contributed by atoms with E-state index in [0.29, 0.717) is 17.1 Å². The zero-order chi connectivity index (χ0) is 17.5. The first-order valence-electron chi connectivity index (χ1n) is 7.71. The van der Waals surface area contributed by atoms with Gasteiger partial charge in [-0.1, -0.05) is 36.4 Å². The Morgan fingerprint density at radius 3 is 2.40 bits per heavy atom.